The van der Waals surface area contributed by atoms with Crippen LogP contribution in [0.25, 0.3) is 0 Å². The second-order valence-electron chi connectivity index (χ2n) is 7.05. The van der Waals surface area contributed by atoms with Crippen LogP contribution in [0.4, 0.5) is 4.79 Å². The summed E-state index contributed by atoms with van der Waals surface area (Å²) in [6.07, 6.45) is 2.94. The predicted octanol–water partition coefficient (Wildman–Crippen LogP) is 4.21. The maximum Gasteiger partial charge on any atom is 0.410 e. The minimum Gasteiger partial charge on any atom is -0.471 e. The molecule has 1 aromatic rings. The molecule has 1 amide bonds. The Morgan fingerprint density at radius 2 is 2.09 bits per heavy atom. The Morgan fingerprint density at radius 1 is 1.39 bits per heavy atom. The molecule has 0 aromatic carbocycles. The van der Waals surface area contributed by atoms with Gasteiger partial charge in [-0.15, -0.1) is 0 Å². The minimum atomic E-state index is -0.508. The number of rotatable bonds is 2. The zero-order valence-electron chi connectivity index (χ0n) is 14.4. The van der Waals surface area contributed by atoms with Gasteiger partial charge in [0.1, 0.15) is 16.7 Å². The van der Waals surface area contributed by atoms with Crippen LogP contribution < -0.4 is 4.74 Å². The van der Waals surface area contributed by atoms with Gasteiger partial charge >= 0.3 is 6.09 Å². The average Bonchev–Trinajstić information content (AvgIpc) is 2.44. The molecule has 2 atom stereocenters. The van der Waals surface area contributed by atoms with Crippen LogP contribution in [-0.4, -0.2) is 40.3 Å². The second kappa shape index (κ2) is 6.95. The standard InChI is InChI=1S/C17H25ClN2O3/c1-11-8-9-19-15(14(11)18)22-13-7-6-12(2)20(10-13)16(21)23-17(3,4)5/h8-9,12-13H,6-7,10H2,1-5H3. The van der Waals surface area contributed by atoms with E-state index in [0.29, 0.717) is 17.4 Å². The lowest BCUT2D eigenvalue weighted by Crippen LogP contribution is -2.50. The van der Waals surface area contributed by atoms with Crippen molar-refractivity contribution in [1.29, 1.82) is 0 Å². The first-order valence-electron chi connectivity index (χ1n) is 7.95. The molecule has 2 unspecified atom stereocenters. The summed E-state index contributed by atoms with van der Waals surface area (Å²) in [6.45, 7) is 10.0. The molecule has 5 nitrogen and oxygen atoms in total. The SMILES string of the molecule is Cc1ccnc(OC2CCC(C)N(C(=O)OC(C)(C)C)C2)c1Cl. The smallest absolute Gasteiger partial charge is 0.410 e. The van der Waals surface area contributed by atoms with Crippen molar-refractivity contribution >= 4 is 17.7 Å². The summed E-state index contributed by atoms with van der Waals surface area (Å²) in [5.41, 5.74) is 0.413. The molecular weight excluding hydrogens is 316 g/mol. The summed E-state index contributed by atoms with van der Waals surface area (Å²) >= 11 is 6.23. The number of piperidine rings is 1. The lowest BCUT2D eigenvalue weighted by molar-refractivity contribution is -0.00596. The number of likely N-dealkylation sites (tertiary alicyclic amines) is 1. The molecule has 0 spiro atoms. The number of carbonyl (C=O) groups excluding carboxylic acids is 1. The van der Waals surface area contributed by atoms with Crippen LogP contribution in [0.3, 0.4) is 0 Å². The highest BCUT2D eigenvalue weighted by molar-refractivity contribution is 6.32. The first-order chi connectivity index (χ1) is 10.7. The molecule has 0 N–H and O–H groups in total. The maximum atomic E-state index is 12.3. The molecule has 1 aliphatic rings. The Kier molecular flexibility index (Phi) is 5.40. The molecule has 2 heterocycles. The van der Waals surface area contributed by atoms with Gasteiger partial charge in [-0.1, -0.05) is 11.6 Å². The molecule has 0 saturated carbocycles. The lowest BCUT2D eigenvalue weighted by atomic mass is 10.0. The van der Waals surface area contributed by atoms with E-state index in [1.165, 1.54) is 0 Å². The third-order valence-corrected chi connectivity index (χ3v) is 4.26. The Bertz CT molecular complexity index is 571. The lowest BCUT2D eigenvalue weighted by Gasteiger charge is -2.38. The van der Waals surface area contributed by atoms with Gasteiger partial charge in [-0.3, -0.25) is 0 Å². The number of carbonyl (C=O) groups is 1. The van der Waals surface area contributed by atoms with Gasteiger partial charge in [0.25, 0.3) is 0 Å². The number of pyridine rings is 1. The van der Waals surface area contributed by atoms with Crippen LogP contribution >= 0.6 is 11.6 Å². The number of ether oxygens (including phenoxy) is 2. The van der Waals surface area contributed by atoms with Crippen molar-refractivity contribution in [1.82, 2.24) is 9.88 Å². The molecule has 0 bridgehead atoms. The van der Waals surface area contributed by atoms with Crippen molar-refractivity contribution < 1.29 is 14.3 Å². The van der Waals surface area contributed by atoms with Crippen molar-refractivity contribution in [3.63, 3.8) is 0 Å². The van der Waals surface area contributed by atoms with E-state index in [4.69, 9.17) is 21.1 Å². The molecule has 2 rings (SSSR count). The minimum absolute atomic E-state index is 0.130. The van der Waals surface area contributed by atoms with Crippen LogP contribution in [0.5, 0.6) is 5.88 Å². The molecule has 23 heavy (non-hydrogen) atoms. The fraction of sp³-hybridized carbons (Fsp3) is 0.647. The normalized spacial score (nSPS) is 21.9. The van der Waals surface area contributed by atoms with Gasteiger partial charge in [-0.05, 0) is 59.1 Å². The molecule has 0 aliphatic carbocycles. The van der Waals surface area contributed by atoms with E-state index in [9.17, 15) is 4.79 Å². The number of amides is 1. The molecule has 0 radical (unpaired) electrons. The van der Waals surface area contributed by atoms with Gasteiger partial charge in [-0.2, -0.15) is 0 Å². The van der Waals surface area contributed by atoms with Gasteiger partial charge in [0.05, 0.1) is 6.54 Å². The summed E-state index contributed by atoms with van der Waals surface area (Å²) in [5.74, 6) is 0.426. The third kappa shape index (κ3) is 4.74. The van der Waals surface area contributed by atoms with Crippen molar-refractivity contribution in [3.8, 4) is 5.88 Å². The number of aryl methyl sites for hydroxylation is 1. The predicted molar refractivity (Wildman–Crippen MR) is 90.0 cm³/mol. The highest BCUT2D eigenvalue weighted by Crippen LogP contribution is 2.28. The first kappa shape index (κ1) is 17.9. The van der Waals surface area contributed by atoms with Crippen LogP contribution in [-0.2, 0) is 4.74 Å². The Balaban J connectivity index is 2.05. The van der Waals surface area contributed by atoms with Gasteiger partial charge < -0.3 is 14.4 Å². The van der Waals surface area contributed by atoms with Crippen LogP contribution in [0.1, 0.15) is 46.1 Å². The number of hydrogen-bond donors (Lipinski definition) is 0. The van der Waals surface area contributed by atoms with Gasteiger partial charge in [-0.25, -0.2) is 9.78 Å². The Morgan fingerprint density at radius 3 is 2.74 bits per heavy atom. The van der Waals surface area contributed by atoms with Gasteiger partial charge in [0.2, 0.25) is 5.88 Å². The second-order valence-corrected chi connectivity index (χ2v) is 7.42. The van der Waals surface area contributed by atoms with E-state index >= 15 is 0 Å². The highest BCUT2D eigenvalue weighted by atomic mass is 35.5. The molecule has 1 aliphatic heterocycles. The molecule has 1 saturated heterocycles. The summed E-state index contributed by atoms with van der Waals surface area (Å²) < 4.78 is 11.4. The maximum absolute atomic E-state index is 12.3. The van der Waals surface area contributed by atoms with Crippen molar-refractivity contribution in [3.05, 3.63) is 22.8 Å². The summed E-state index contributed by atoms with van der Waals surface area (Å²) in [5, 5.41) is 0.523. The van der Waals surface area contributed by atoms with E-state index in [1.54, 1.807) is 11.1 Å². The third-order valence-electron chi connectivity index (χ3n) is 3.80. The zero-order chi connectivity index (χ0) is 17.2. The van der Waals surface area contributed by atoms with E-state index in [0.717, 1.165) is 18.4 Å². The van der Waals surface area contributed by atoms with Crippen LogP contribution in [0.15, 0.2) is 12.3 Å². The number of nitrogens with zero attached hydrogens (tertiary/aromatic N) is 2. The topological polar surface area (TPSA) is 51.7 Å². The fourth-order valence-electron chi connectivity index (χ4n) is 2.50. The number of halogens is 1. The molecule has 1 aromatic heterocycles. The van der Waals surface area contributed by atoms with Crippen molar-refractivity contribution in [2.24, 2.45) is 0 Å². The summed E-state index contributed by atoms with van der Waals surface area (Å²) in [7, 11) is 0. The first-order valence-corrected chi connectivity index (χ1v) is 8.32. The van der Waals surface area contributed by atoms with E-state index in [1.807, 2.05) is 40.7 Å². The van der Waals surface area contributed by atoms with Crippen molar-refractivity contribution in [2.75, 3.05) is 6.54 Å². The van der Waals surface area contributed by atoms with Crippen molar-refractivity contribution in [2.45, 2.75) is 65.2 Å². The number of hydrogen-bond acceptors (Lipinski definition) is 4. The largest absolute Gasteiger partial charge is 0.471 e. The van der Waals surface area contributed by atoms with Gasteiger partial charge in [0, 0.05) is 12.2 Å². The number of aromatic nitrogens is 1. The quantitative estimate of drug-likeness (QED) is 0.809. The summed E-state index contributed by atoms with van der Waals surface area (Å²) in [6, 6.07) is 1.97. The molecule has 128 valence electrons. The molecule has 6 heteroatoms. The monoisotopic (exact) mass is 340 g/mol. The Labute approximate surface area is 142 Å². The zero-order valence-corrected chi connectivity index (χ0v) is 15.2. The van der Waals surface area contributed by atoms with E-state index in [2.05, 4.69) is 4.98 Å². The van der Waals surface area contributed by atoms with E-state index in [-0.39, 0.29) is 18.2 Å². The van der Waals surface area contributed by atoms with Crippen LogP contribution in [0.2, 0.25) is 5.02 Å². The molecule has 1 fully saturated rings. The average molecular weight is 341 g/mol. The highest BCUT2D eigenvalue weighted by Gasteiger charge is 2.33. The van der Waals surface area contributed by atoms with Gasteiger partial charge in [0.15, 0.2) is 0 Å². The summed E-state index contributed by atoms with van der Waals surface area (Å²) in [4.78, 5) is 18.3. The van der Waals surface area contributed by atoms with E-state index < -0.39 is 5.60 Å². The Hall–Kier alpha value is -1.49. The van der Waals surface area contributed by atoms with Crippen LogP contribution in [0, 0.1) is 6.92 Å². The fourth-order valence-corrected chi connectivity index (χ4v) is 2.66. The molecular formula is C17H25ClN2O3.